The first kappa shape index (κ1) is 14.9. The lowest BCUT2D eigenvalue weighted by Gasteiger charge is -2.12. The summed E-state index contributed by atoms with van der Waals surface area (Å²) in [6.45, 7) is 2.04. The Morgan fingerprint density at radius 1 is 1.50 bits per heavy atom. The van der Waals surface area contributed by atoms with Crippen LogP contribution in [0.25, 0.3) is 5.69 Å². The summed E-state index contributed by atoms with van der Waals surface area (Å²) in [7, 11) is 0. The van der Waals surface area contributed by atoms with Gasteiger partial charge in [0.1, 0.15) is 0 Å². The molecule has 20 heavy (non-hydrogen) atoms. The Morgan fingerprint density at radius 3 is 2.90 bits per heavy atom. The number of rotatable bonds is 5. The van der Waals surface area contributed by atoms with E-state index in [9.17, 15) is 4.79 Å². The summed E-state index contributed by atoms with van der Waals surface area (Å²) < 4.78 is 2.66. The highest BCUT2D eigenvalue weighted by Gasteiger charge is 2.15. The molecule has 0 bridgehead atoms. The van der Waals surface area contributed by atoms with E-state index in [1.807, 2.05) is 25.1 Å². The van der Waals surface area contributed by atoms with Gasteiger partial charge in [0, 0.05) is 4.47 Å². The number of hydrogen-bond donors (Lipinski definition) is 2. The number of aryl methyl sites for hydroxylation is 1. The number of benzene rings is 1. The molecule has 106 valence electrons. The van der Waals surface area contributed by atoms with Gasteiger partial charge in [-0.25, -0.2) is 0 Å². The first-order valence-electron chi connectivity index (χ1n) is 5.87. The summed E-state index contributed by atoms with van der Waals surface area (Å²) >= 11 is 4.52. The maximum absolute atomic E-state index is 10.7. The molecule has 1 heterocycles. The molecule has 0 unspecified atom stereocenters. The van der Waals surface area contributed by atoms with Gasteiger partial charge < -0.3 is 10.8 Å². The zero-order valence-electron chi connectivity index (χ0n) is 10.7. The molecule has 0 saturated carbocycles. The number of anilines is 1. The fraction of sp³-hybridized carbons (Fsp3) is 0.250. The Balaban J connectivity index is 2.46. The number of nitrogen functional groups attached to an aromatic ring is 1. The van der Waals surface area contributed by atoms with E-state index in [4.69, 9.17) is 10.8 Å². The van der Waals surface area contributed by atoms with Crippen LogP contribution in [0, 0.1) is 0 Å². The number of hydrogen-bond acceptors (Lipinski definition) is 5. The molecule has 6 nitrogen and oxygen atoms in total. The first-order chi connectivity index (χ1) is 9.52. The van der Waals surface area contributed by atoms with Crippen molar-refractivity contribution in [2.75, 3.05) is 11.5 Å². The standard InChI is InChI=1S/C12H13BrN4O2S/c1-2-7-5-8(13)3-4-9(7)17-11(14)15-16-12(17)20-6-10(18)19/h3-5H,2,6H2,1H3,(H2,14,15)(H,18,19). The van der Waals surface area contributed by atoms with Crippen molar-refractivity contribution in [3.8, 4) is 5.69 Å². The Morgan fingerprint density at radius 2 is 2.25 bits per heavy atom. The molecule has 8 heteroatoms. The van der Waals surface area contributed by atoms with Crippen molar-refractivity contribution >= 4 is 39.6 Å². The summed E-state index contributed by atoms with van der Waals surface area (Å²) in [5.74, 6) is -0.750. The summed E-state index contributed by atoms with van der Waals surface area (Å²) in [6, 6.07) is 5.81. The predicted molar refractivity (Wildman–Crippen MR) is 81.2 cm³/mol. The topological polar surface area (TPSA) is 94.0 Å². The van der Waals surface area contributed by atoms with Gasteiger partial charge in [-0.1, -0.05) is 34.6 Å². The van der Waals surface area contributed by atoms with Gasteiger partial charge >= 0.3 is 5.97 Å². The molecule has 1 aromatic carbocycles. The summed E-state index contributed by atoms with van der Waals surface area (Å²) in [5, 5.41) is 17.0. The van der Waals surface area contributed by atoms with Crippen LogP contribution < -0.4 is 5.73 Å². The summed E-state index contributed by atoms with van der Waals surface area (Å²) in [6.07, 6.45) is 0.815. The minimum Gasteiger partial charge on any atom is -0.481 e. The number of carboxylic acid groups (broad SMARTS) is 1. The highest BCUT2D eigenvalue weighted by molar-refractivity contribution is 9.10. The van der Waals surface area contributed by atoms with Gasteiger partial charge in [0.2, 0.25) is 5.95 Å². The molecular formula is C12H13BrN4O2S. The second-order valence-electron chi connectivity index (χ2n) is 3.99. The number of aliphatic carboxylic acids is 1. The van der Waals surface area contributed by atoms with Crippen molar-refractivity contribution < 1.29 is 9.90 Å². The van der Waals surface area contributed by atoms with Crippen molar-refractivity contribution in [2.24, 2.45) is 0 Å². The Bertz CT molecular complexity index is 644. The van der Waals surface area contributed by atoms with Gasteiger partial charge in [0.25, 0.3) is 0 Å². The van der Waals surface area contributed by atoms with E-state index in [1.165, 1.54) is 0 Å². The molecule has 0 aliphatic heterocycles. The average molecular weight is 357 g/mol. The van der Waals surface area contributed by atoms with Crippen LogP contribution in [0.2, 0.25) is 0 Å². The highest BCUT2D eigenvalue weighted by Crippen LogP contribution is 2.27. The van der Waals surface area contributed by atoms with Crippen LogP contribution in [0.5, 0.6) is 0 Å². The number of thioether (sulfide) groups is 1. The van der Waals surface area contributed by atoms with Gasteiger partial charge in [-0.15, -0.1) is 10.2 Å². The minimum atomic E-state index is -0.908. The van der Waals surface area contributed by atoms with E-state index in [0.29, 0.717) is 5.16 Å². The molecule has 0 fully saturated rings. The van der Waals surface area contributed by atoms with Crippen molar-refractivity contribution in [1.82, 2.24) is 14.8 Å². The summed E-state index contributed by atoms with van der Waals surface area (Å²) in [4.78, 5) is 10.7. The minimum absolute atomic E-state index is 0.0872. The monoisotopic (exact) mass is 356 g/mol. The molecule has 0 aliphatic carbocycles. The van der Waals surface area contributed by atoms with Crippen molar-refractivity contribution in [3.63, 3.8) is 0 Å². The summed E-state index contributed by atoms with van der Waals surface area (Å²) in [5.41, 5.74) is 7.80. The van der Waals surface area contributed by atoms with E-state index < -0.39 is 5.97 Å². The molecule has 0 atom stereocenters. The number of halogens is 1. The van der Waals surface area contributed by atoms with Crippen LogP contribution in [-0.2, 0) is 11.2 Å². The lowest BCUT2D eigenvalue weighted by molar-refractivity contribution is -0.133. The van der Waals surface area contributed by atoms with Crippen molar-refractivity contribution in [3.05, 3.63) is 28.2 Å². The second-order valence-corrected chi connectivity index (χ2v) is 5.84. The number of aromatic nitrogens is 3. The third-order valence-electron chi connectivity index (χ3n) is 2.65. The molecule has 0 saturated heterocycles. The predicted octanol–water partition coefficient (Wildman–Crippen LogP) is 2.35. The zero-order chi connectivity index (χ0) is 14.7. The van der Waals surface area contributed by atoms with E-state index in [2.05, 4.69) is 26.1 Å². The number of nitrogens with zero attached hydrogens (tertiary/aromatic N) is 3. The third kappa shape index (κ3) is 3.13. The van der Waals surface area contributed by atoms with Gasteiger partial charge in [-0.05, 0) is 30.2 Å². The van der Waals surface area contributed by atoms with Crippen molar-refractivity contribution in [2.45, 2.75) is 18.5 Å². The zero-order valence-corrected chi connectivity index (χ0v) is 13.1. The van der Waals surface area contributed by atoms with E-state index in [-0.39, 0.29) is 11.7 Å². The van der Waals surface area contributed by atoms with Crippen LogP contribution in [0.3, 0.4) is 0 Å². The van der Waals surface area contributed by atoms with Crippen LogP contribution in [0.1, 0.15) is 12.5 Å². The highest BCUT2D eigenvalue weighted by atomic mass is 79.9. The van der Waals surface area contributed by atoms with Gasteiger partial charge in [-0.2, -0.15) is 0 Å². The van der Waals surface area contributed by atoms with Gasteiger partial charge in [0.05, 0.1) is 11.4 Å². The first-order valence-corrected chi connectivity index (χ1v) is 7.65. The molecule has 1 aromatic heterocycles. The SMILES string of the molecule is CCc1cc(Br)ccc1-n1c(N)nnc1SCC(=O)O. The lowest BCUT2D eigenvalue weighted by Crippen LogP contribution is -2.06. The molecule has 0 spiro atoms. The van der Waals surface area contributed by atoms with Crippen LogP contribution >= 0.6 is 27.7 Å². The second kappa shape index (κ2) is 6.27. The largest absolute Gasteiger partial charge is 0.481 e. The maximum atomic E-state index is 10.7. The fourth-order valence-electron chi connectivity index (χ4n) is 1.78. The molecule has 2 rings (SSSR count). The third-order valence-corrected chi connectivity index (χ3v) is 4.05. The van der Waals surface area contributed by atoms with Crippen molar-refractivity contribution in [1.29, 1.82) is 0 Å². The Hall–Kier alpha value is -1.54. The Labute approximate surface area is 128 Å². The quantitative estimate of drug-likeness (QED) is 0.798. The molecule has 0 amide bonds. The number of carbonyl (C=O) groups is 1. The normalized spacial score (nSPS) is 10.7. The van der Waals surface area contributed by atoms with Crippen LogP contribution in [0.4, 0.5) is 5.95 Å². The van der Waals surface area contributed by atoms with E-state index in [1.54, 1.807) is 4.57 Å². The van der Waals surface area contributed by atoms with Gasteiger partial charge in [-0.3, -0.25) is 9.36 Å². The maximum Gasteiger partial charge on any atom is 0.313 e. The van der Waals surface area contributed by atoms with Crippen LogP contribution in [0.15, 0.2) is 27.8 Å². The van der Waals surface area contributed by atoms with E-state index >= 15 is 0 Å². The molecule has 3 N–H and O–H groups in total. The van der Waals surface area contributed by atoms with Crippen LogP contribution in [-0.4, -0.2) is 31.6 Å². The molecule has 0 radical (unpaired) electrons. The molecular weight excluding hydrogens is 344 g/mol. The van der Waals surface area contributed by atoms with Gasteiger partial charge in [0.15, 0.2) is 5.16 Å². The number of nitrogens with two attached hydrogens (primary N) is 1. The lowest BCUT2D eigenvalue weighted by atomic mass is 10.1. The Kier molecular flexibility index (Phi) is 4.66. The average Bonchev–Trinajstić information content (AvgIpc) is 2.77. The molecule has 0 aliphatic rings. The molecule has 2 aromatic rings. The smallest absolute Gasteiger partial charge is 0.313 e. The van der Waals surface area contributed by atoms with E-state index in [0.717, 1.165) is 33.9 Å². The fourth-order valence-corrected chi connectivity index (χ4v) is 2.86. The number of carboxylic acids is 1.